The monoisotopic (exact) mass is 465 g/mol. The summed E-state index contributed by atoms with van der Waals surface area (Å²) in [6.07, 6.45) is 0.384. The van der Waals surface area contributed by atoms with Crippen molar-refractivity contribution in [2.45, 2.75) is 20.3 Å². The van der Waals surface area contributed by atoms with E-state index in [4.69, 9.17) is 18.6 Å². The van der Waals surface area contributed by atoms with Gasteiger partial charge in [0, 0.05) is 30.5 Å². The Morgan fingerprint density at radius 3 is 2.59 bits per heavy atom. The molecule has 34 heavy (non-hydrogen) atoms. The second-order valence-corrected chi connectivity index (χ2v) is 7.78. The highest BCUT2D eigenvalue weighted by atomic mass is 16.5. The van der Waals surface area contributed by atoms with Gasteiger partial charge in [0.05, 0.1) is 27.0 Å². The van der Waals surface area contributed by atoms with Crippen LogP contribution in [0.1, 0.15) is 33.1 Å². The van der Waals surface area contributed by atoms with E-state index >= 15 is 0 Å². The average molecular weight is 466 g/mol. The van der Waals surface area contributed by atoms with E-state index in [1.807, 2.05) is 33.0 Å². The van der Waals surface area contributed by atoms with E-state index in [1.54, 1.807) is 44.2 Å². The van der Waals surface area contributed by atoms with Gasteiger partial charge in [-0.3, -0.25) is 20.3 Å². The zero-order valence-corrected chi connectivity index (χ0v) is 20.0. The van der Waals surface area contributed by atoms with E-state index in [1.165, 1.54) is 0 Å². The predicted molar refractivity (Wildman–Crippen MR) is 127 cm³/mol. The van der Waals surface area contributed by atoms with E-state index in [0.717, 1.165) is 27.9 Å². The second-order valence-electron chi connectivity index (χ2n) is 7.78. The van der Waals surface area contributed by atoms with Crippen molar-refractivity contribution in [3.8, 4) is 17.2 Å². The maximum atomic E-state index is 12.6. The van der Waals surface area contributed by atoms with Gasteiger partial charge in [0.2, 0.25) is 0 Å². The zero-order chi connectivity index (χ0) is 24.4. The van der Waals surface area contributed by atoms with Gasteiger partial charge >= 0.3 is 5.91 Å². The molecule has 4 rings (SSSR count). The van der Waals surface area contributed by atoms with Crippen LogP contribution in [0.25, 0.3) is 11.0 Å². The Morgan fingerprint density at radius 2 is 1.88 bits per heavy atom. The van der Waals surface area contributed by atoms with E-state index < -0.39 is 5.91 Å². The summed E-state index contributed by atoms with van der Waals surface area (Å²) < 4.78 is 23.7. The SMILES string of the molecule is COc1cc(Cc2ccc(C(=O)NNc3cc(C)c4c(C)nn(C)c4n3)o2)c(OC)c(OC)c1. The summed E-state index contributed by atoms with van der Waals surface area (Å²) in [5, 5.41) is 5.41. The number of rotatable bonds is 8. The van der Waals surface area contributed by atoms with Crippen molar-refractivity contribution in [1.29, 1.82) is 0 Å². The molecule has 0 saturated carbocycles. The van der Waals surface area contributed by atoms with Gasteiger partial charge in [-0.05, 0) is 43.7 Å². The van der Waals surface area contributed by atoms with Crippen LogP contribution in [0.5, 0.6) is 17.2 Å². The van der Waals surface area contributed by atoms with Crippen LogP contribution < -0.4 is 25.1 Å². The molecule has 0 saturated heterocycles. The fourth-order valence-electron chi connectivity index (χ4n) is 3.95. The molecule has 178 valence electrons. The third-order valence-electron chi connectivity index (χ3n) is 5.49. The number of hydrogen-bond donors (Lipinski definition) is 2. The van der Waals surface area contributed by atoms with Crippen LogP contribution in [0.4, 0.5) is 5.82 Å². The number of carbonyl (C=O) groups excluding carboxylic acids is 1. The van der Waals surface area contributed by atoms with Gasteiger partial charge in [-0.15, -0.1) is 0 Å². The van der Waals surface area contributed by atoms with Crippen LogP contribution in [0, 0.1) is 13.8 Å². The number of carbonyl (C=O) groups is 1. The predicted octanol–water partition coefficient (Wildman–Crippen LogP) is 3.55. The molecule has 0 radical (unpaired) electrons. The molecule has 1 aromatic carbocycles. The molecule has 0 aliphatic heterocycles. The number of furan rings is 1. The first-order valence-corrected chi connectivity index (χ1v) is 10.6. The highest BCUT2D eigenvalue weighted by Crippen LogP contribution is 2.37. The molecule has 1 amide bonds. The quantitative estimate of drug-likeness (QED) is 0.380. The minimum Gasteiger partial charge on any atom is -0.497 e. The normalized spacial score (nSPS) is 10.9. The summed E-state index contributed by atoms with van der Waals surface area (Å²) in [6, 6.07) is 8.80. The van der Waals surface area contributed by atoms with Gasteiger partial charge in [-0.2, -0.15) is 5.10 Å². The fraction of sp³-hybridized carbons (Fsp3) is 0.292. The lowest BCUT2D eigenvalue weighted by Crippen LogP contribution is -2.29. The molecule has 10 nitrogen and oxygen atoms in total. The largest absolute Gasteiger partial charge is 0.497 e. The number of nitrogens with zero attached hydrogens (tertiary/aromatic N) is 3. The fourth-order valence-corrected chi connectivity index (χ4v) is 3.95. The topological polar surface area (TPSA) is 113 Å². The van der Waals surface area contributed by atoms with Crippen molar-refractivity contribution in [2.24, 2.45) is 7.05 Å². The van der Waals surface area contributed by atoms with Crippen LogP contribution >= 0.6 is 0 Å². The maximum Gasteiger partial charge on any atom is 0.305 e. The first-order valence-electron chi connectivity index (χ1n) is 10.6. The molecule has 3 aromatic heterocycles. The smallest absolute Gasteiger partial charge is 0.305 e. The van der Waals surface area contributed by atoms with Crippen molar-refractivity contribution < 1.29 is 23.4 Å². The molecule has 3 heterocycles. The van der Waals surface area contributed by atoms with Gasteiger partial charge in [0.15, 0.2) is 22.9 Å². The highest BCUT2D eigenvalue weighted by Gasteiger charge is 2.17. The lowest BCUT2D eigenvalue weighted by atomic mass is 10.1. The molecule has 0 unspecified atom stereocenters. The zero-order valence-electron chi connectivity index (χ0n) is 20.0. The lowest BCUT2D eigenvalue weighted by Gasteiger charge is -2.14. The number of hydrogen-bond acceptors (Lipinski definition) is 8. The van der Waals surface area contributed by atoms with Crippen LogP contribution in [0.3, 0.4) is 0 Å². The summed E-state index contributed by atoms with van der Waals surface area (Å²) in [5.41, 5.74) is 8.94. The van der Waals surface area contributed by atoms with Gasteiger partial charge in [-0.1, -0.05) is 0 Å². The Hall–Kier alpha value is -4.21. The van der Waals surface area contributed by atoms with Gasteiger partial charge < -0.3 is 18.6 Å². The van der Waals surface area contributed by atoms with Crippen molar-refractivity contribution in [1.82, 2.24) is 20.2 Å². The Bertz CT molecular complexity index is 1360. The van der Waals surface area contributed by atoms with Gasteiger partial charge in [0.1, 0.15) is 17.3 Å². The summed E-state index contributed by atoms with van der Waals surface area (Å²) in [5.74, 6) is 2.57. The van der Waals surface area contributed by atoms with E-state index in [0.29, 0.717) is 35.2 Å². The molecular formula is C24H27N5O5. The van der Waals surface area contributed by atoms with Crippen molar-refractivity contribution >= 4 is 22.8 Å². The standard InChI is InChI=1S/C24H27N5O5/c1-13-9-20(25-23-21(13)14(2)28-29(23)3)26-27-24(30)18-8-7-16(34-18)10-15-11-17(31-4)12-19(32-5)22(15)33-6/h7-9,11-12H,10H2,1-6H3,(H,25,26)(H,27,30). The van der Waals surface area contributed by atoms with E-state index in [2.05, 4.69) is 20.9 Å². The average Bonchev–Trinajstić information content (AvgIpc) is 3.40. The summed E-state index contributed by atoms with van der Waals surface area (Å²) in [7, 11) is 6.55. The number of anilines is 1. The number of pyridine rings is 1. The molecule has 2 N–H and O–H groups in total. The number of nitrogens with one attached hydrogen (secondary N) is 2. The number of benzene rings is 1. The van der Waals surface area contributed by atoms with Gasteiger partial charge in [0.25, 0.3) is 0 Å². The van der Waals surface area contributed by atoms with Crippen molar-refractivity contribution in [2.75, 3.05) is 26.8 Å². The molecule has 0 aliphatic rings. The Balaban J connectivity index is 1.48. The second kappa shape index (κ2) is 9.34. The third-order valence-corrected chi connectivity index (χ3v) is 5.49. The molecule has 0 atom stereocenters. The first kappa shape index (κ1) is 23.0. The van der Waals surface area contributed by atoms with Crippen LogP contribution in [-0.4, -0.2) is 42.0 Å². The number of ether oxygens (including phenoxy) is 3. The Kier molecular flexibility index (Phi) is 6.31. The molecular weight excluding hydrogens is 438 g/mol. The molecule has 0 spiro atoms. The minimum absolute atomic E-state index is 0.158. The van der Waals surface area contributed by atoms with Crippen LogP contribution in [0.15, 0.2) is 34.7 Å². The van der Waals surface area contributed by atoms with Gasteiger partial charge in [-0.25, -0.2) is 4.98 Å². The summed E-state index contributed by atoms with van der Waals surface area (Å²) >= 11 is 0. The number of fused-ring (bicyclic) bond motifs is 1. The van der Waals surface area contributed by atoms with E-state index in [9.17, 15) is 4.79 Å². The number of aryl methyl sites for hydroxylation is 3. The van der Waals surface area contributed by atoms with Crippen molar-refractivity contribution in [3.63, 3.8) is 0 Å². The third kappa shape index (κ3) is 4.34. The maximum absolute atomic E-state index is 12.6. The number of hydrazine groups is 1. The lowest BCUT2D eigenvalue weighted by molar-refractivity contribution is 0.0933. The van der Waals surface area contributed by atoms with Crippen LogP contribution in [-0.2, 0) is 13.5 Å². The highest BCUT2D eigenvalue weighted by molar-refractivity contribution is 5.92. The van der Waals surface area contributed by atoms with Crippen molar-refractivity contribution in [3.05, 3.63) is 58.7 Å². The molecule has 0 aliphatic carbocycles. The molecule has 10 heteroatoms. The summed E-state index contributed by atoms with van der Waals surface area (Å²) in [4.78, 5) is 17.2. The number of aromatic nitrogens is 3. The molecule has 0 fully saturated rings. The first-order chi connectivity index (χ1) is 16.3. The van der Waals surface area contributed by atoms with E-state index in [-0.39, 0.29) is 5.76 Å². The number of amides is 1. The minimum atomic E-state index is -0.429. The number of methoxy groups -OCH3 is 3. The Morgan fingerprint density at radius 1 is 1.09 bits per heavy atom. The molecule has 0 bridgehead atoms. The summed E-state index contributed by atoms with van der Waals surface area (Å²) in [6.45, 7) is 3.92. The van der Waals surface area contributed by atoms with Crippen LogP contribution in [0.2, 0.25) is 0 Å². The molecule has 4 aromatic rings. The Labute approximate surface area is 196 Å².